The van der Waals surface area contributed by atoms with Gasteiger partial charge < -0.3 is 19.5 Å². The van der Waals surface area contributed by atoms with Crippen molar-refractivity contribution in [2.75, 3.05) is 36.5 Å². The topological polar surface area (TPSA) is 76.3 Å². The smallest absolute Gasteiger partial charge is 0.175 e. The van der Waals surface area contributed by atoms with E-state index in [1.165, 1.54) is 0 Å². The van der Waals surface area contributed by atoms with Gasteiger partial charge in [-0.25, -0.2) is 9.97 Å². The van der Waals surface area contributed by atoms with Crippen LogP contribution >= 0.6 is 0 Å². The maximum Gasteiger partial charge on any atom is 0.175 e. The molecule has 3 heterocycles. The molecule has 2 aromatic heterocycles. The van der Waals surface area contributed by atoms with E-state index in [9.17, 15) is 0 Å². The van der Waals surface area contributed by atoms with E-state index in [-0.39, 0.29) is 0 Å². The van der Waals surface area contributed by atoms with Gasteiger partial charge in [-0.05, 0) is 13.8 Å². The number of aryl methyl sites for hydroxylation is 2. The van der Waals surface area contributed by atoms with Crippen molar-refractivity contribution in [2.45, 2.75) is 13.8 Å². The lowest BCUT2D eigenvalue weighted by atomic mass is 10.4. The minimum Gasteiger partial charge on any atom is -0.378 e. The summed E-state index contributed by atoms with van der Waals surface area (Å²) in [6.45, 7) is 6.88. The zero-order valence-electron chi connectivity index (χ0n) is 11.6. The molecular weight excluding hydrogens is 258 g/mol. The Morgan fingerprint density at radius 1 is 1.10 bits per heavy atom. The van der Waals surface area contributed by atoms with Crippen LogP contribution in [0.25, 0.3) is 0 Å². The monoisotopic (exact) mass is 275 g/mol. The summed E-state index contributed by atoms with van der Waals surface area (Å²) in [7, 11) is 0. The normalized spacial score (nSPS) is 15.4. The second-order valence-electron chi connectivity index (χ2n) is 4.71. The third kappa shape index (κ3) is 2.88. The Balaban J connectivity index is 1.82. The average Bonchev–Trinajstić information content (AvgIpc) is 2.84. The van der Waals surface area contributed by atoms with Gasteiger partial charge in [0.05, 0.1) is 13.2 Å². The Kier molecular flexibility index (Phi) is 3.51. The lowest BCUT2D eigenvalue weighted by Crippen LogP contribution is -2.36. The summed E-state index contributed by atoms with van der Waals surface area (Å²) in [4.78, 5) is 11.0. The van der Waals surface area contributed by atoms with Gasteiger partial charge in [-0.3, -0.25) is 0 Å². The maximum absolute atomic E-state index is 5.36. The quantitative estimate of drug-likeness (QED) is 0.912. The van der Waals surface area contributed by atoms with Crippen LogP contribution in [0, 0.1) is 13.8 Å². The number of ether oxygens (including phenoxy) is 1. The van der Waals surface area contributed by atoms with Crippen LogP contribution in [0.15, 0.2) is 16.7 Å². The second-order valence-corrected chi connectivity index (χ2v) is 4.71. The molecule has 20 heavy (non-hydrogen) atoms. The highest BCUT2D eigenvalue weighted by Gasteiger charge is 2.14. The van der Waals surface area contributed by atoms with Gasteiger partial charge in [-0.2, -0.15) is 0 Å². The van der Waals surface area contributed by atoms with Crippen molar-refractivity contribution in [2.24, 2.45) is 0 Å². The fourth-order valence-corrected chi connectivity index (χ4v) is 2.13. The van der Waals surface area contributed by atoms with Crippen LogP contribution in [0.4, 0.5) is 17.5 Å². The number of morpholine rings is 1. The number of hydrogen-bond donors (Lipinski definition) is 1. The molecule has 106 valence electrons. The van der Waals surface area contributed by atoms with Crippen LogP contribution in [0.1, 0.15) is 11.6 Å². The van der Waals surface area contributed by atoms with Gasteiger partial charge in [0.2, 0.25) is 0 Å². The van der Waals surface area contributed by atoms with Crippen molar-refractivity contribution in [3.8, 4) is 0 Å². The minimum absolute atomic E-state index is 0.647. The summed E-state index contributed by atoms with van der Waals surface area (Å²) in [6.07, 6.45) is 0. The number of anilines is 3. The third-order valence-electron chi connectivity index (χ3n) is 3.04. The Morgan fingerprint density at radius 3 is 2.60 bits per heavy atom. The average molecular weight is 275 g/mol. The van der Waals surface area contributed by atoms with E-state index in [1.54, 1.807) is 0 Å². The Bertz CT molecular complexity index is 592. The molecule has 7 nitrogen and oxygen atoms in total. The SMILES string of the molecule is Cc1nc(Nc2cc(C)on2)cc(N2CCOCC2)n1. The minimum atomic E-state index is 0.647. The number of nitrogens with zero attached hydrogens (tertiary/aromatic N) is 4. The van der Waals surface area contributed by atoms with Crippen LogP contribution in [0.5, 0.6) is 0 Å². The fraction of sp³-hybridized carbons (Fsp3) is 0.462. The summed E-state index contributed by atoms with van der Waals surface area (Å²) in [5, 5.41) is 7.03. The molecule has 0 aliphatic carbocycles. The zero-order chi connectivity index (χ0) is 13.9. The van der Waals surface area contributed by atoms with Crippen molar-refractivity contribution < 1.29 is 9.26 Å². The van der Waals surface area contributed by atoms with E-state index in [0.29, 0.717) is 11.6 Å². The van der Waals surface area contributed by atoms with Crippen molar-refractivity contribution >= 4 is 17.5 Å². The fourth-order valence-electron chi connectivity index (χ4n) is 2.13. The van der Waals surface area contributed by atoms with E-state index in [2.05, 4.69) is 25.3 Å². The van der Waals surface area contributed by atoms with Gasteiger partial charge in [0.15, 0.2) is 5.82 Å². The molecule has 0 unspecified atom stereocenters. The first-order chi connectivity index (χ1) is 9.70. The van der Waals surface area contributed by atoms with E-state index in [4.69, 9.17) is 9.26 Å². The molecule has 1 saturated heterocycles. The van der Waals surface area contributed by atoms with Gasteiger partial charge >= 0.3 is 0 Å². The molecule has 0 bridgehead atoms. The standard InChI is InChI=1S/C13H17N5O2/c1-9-7-12(17-20-9)16-11-8-13(15-10(2)14-11)18-3-5-19-6-4-18/h7-8H,3-6H2,1-2H3,(H,14,15,16,17). The molecule has 0 amide bonds. The van der Waals surface area contributed by atoms with Gasteiger partial charge in [0, 0.05) is 25.2 Å². The summed E-state index contributed by atoms with van der Waals surface area (Å²) >= 11 is 0. The zero-order valence-corrected chi connectivity index (χ0v) is 11.6. The van der Waals surface area contributed by atoms with Crippen molar-refractivity contribution in [3.05, 3.63) is 23.7 Å². The number of nitrogens with one attached hydrogen (secondary N) is 1. The first-order valence-electron chi connectivity index (χ1n) is 6.59. The molecule has 1 fully saturated rings. The molecule has 1 aliphatic heterocycles. The molecule has 0 aromatic carbocycles. The van der Waals surface area contributed by atoms with E-state index < -0.39 is 0 Å². The number of rotatable bonds is 3. The molecule has 7 heteroatoms. The molecule has 3 rings (SSSR count). The van der Waals surface area contributed by atoms with E-state index >= 15 is 0 Å². The molecule has 1 aliphatic rings. The van der Waals surface area contributed by atoms with Crippen LogP contribution in [-0.2, 0) is 4.74 Å². The molecule has 2 aromatic rings. The summed E-state index contributed by atoms with van der Waals surface area (Å²) < 4.78 is 10.4. The predicted molar refractivity (Wildman–Crippen MR) is 74.3 cm³/mol. The third-order valence-corrected chi connectivity index (χ3v) is 3.04. The van der Waals surface area contributed by atoms with Crippen molar-refractivity contribution in [3.63, 3.8) is 0 Å². The van der Waals surface area contributed by atoms with Crippen molar-refractivity contribution in [1.82, 2.24) is 15.1 Å². The van der Waals surface area contributed by atoms with Gasteiger partial charge in [0.25, 0.3) is 0 Å². The number of aromatic nitrogens is 3. The largest absolute Gasteiger partial charge is 0.378 e. The molecule has 0 saturated carbocycles. The Hall–Kier alpha value is -2.15. The van der Waals surface area contributed by atoms with Gasteiger partial charge in [0.1, 0.15) is 23.2 Å². The first-order valence-corrected chi connectivity index (χ1v) is 6.59. The first kappa shape index (κ1) is 12.9. The highest BCUT2D eigenvalue weighted by atomic mass is 16.5. The Morgan fingerprint density at radius 2 is 1.90 bits per heavy atom. The van der Waals surface area contributed by atoms with E-state index in [0.717, 1.165) is 43.7 Å². The predicted octanol–water partition coefficient (Wildman–Crippen LogP) is 1.66. The van der Waals surface area contributed by atoms with Crippen LogP contribution in [-0.4, -0.2) is 41.4 Å². The van der Waals surface area contributed by atoms with Crippen LogP contribution in [0.3, 0.4) is 0 Å². The molecule has 0 spiro atoms. The molecular formula is C13H17N5O2. The summed E-state index contributed by atoms with van der Waals surface area (Å²) in [5.74, 6) is 3.74. The molecule has 1 N–H and O–H groups in total. The second kappa shape index (κ2) is 5.46. The van der Waals surface area contributed by atoms with Crippen LogP contribution in [0.2, 0.25) is 0 Å². The molecule has 0 atom stereocenters. The van der Waals surface area contributed by atoms with E-state index in [1.807, 2.05) is 26.0 Å². The summed E-state index contributed by atoms with van der Waals surface area (Å²) in [5.41, 5.74) is 0. The Labute approximate surface area is 117 Å². The maximum atomic E-state index is 5.36. The van der Waals surface area contributed by atoms with Crippen LogP contribution < -0.4 is 10.2 Å². The lowest BCUT2D eigenvalue weighted by Gasteiger charge is -2.28. The lowest BCUT2D eigenvalue weighted by molar-refractivity contribution is 0.122. The van der Waals surface area contributed by atoms with Gasteiger partial charge in [-0.15, -0.1) is 0 Å². The number of hydrogen-bond acceptors (Lipinski definition) is 7. The van der Waals surface area contributed by atoms with Gasteiger partial charge in [-0.1, -0.05) is 5.16 Å². The summed E-state index contributed by atoms with van der Waals surface area (Å²) in [6, 6.07) is 3.74. The molecule has 0 radical (unpaired) electrons. The highest BCUT2D eigenvalue weighted by molar-refractivity contribution is 5.56. The highest BCUT2D eigenvalue weighted by Crippen LogP contribution is 2.20. The van der Waals surface area contributed by atoms with Crippen molar-refractivity contribution in [1.29, 1.82) is 0 Å².